The average molecular weight is 936 g/mol. The van der Waals surface area contributed by atoms with Crippen molar-refractivity contribution < 1.29 is 67.2 Å². The van der Waals surface area contributed by atoms with Gasteiger partial charge in [-0.15, -0.1) is 0 Å². The van der Waals surface area contributed by atoms with E-state index in [4.69, 9.17) is 28.4 Å². The van der Waals surface area contributed by atoms with Gasteiger partial charge in [-0.2, -0.15) is 4.31 Å². The van der Waals surface area contributed by atoms with Gasteiger partial charge in [0.2, 0.25) is 0 Å². The van der Waals surface area contributed by atoms with Gasteiger partial charge in [-0.1, -0.05) is 27.7 Å². The van der Waals surface area contributed by atoms with Gasteiger partial charge in [-0.25, -0.2) is 13.4 Å². The SMILES string of the molecule is CCCNC[C@]1(O)[C@H](C)O[C@@H](O[C@H]2[C@H](C)[C@@H](O[C@@H]3O[C@H](C)C[C@H](N(C)S(=O)(=O)c4cn(C)cn4)[C@H]3O)[C@](C)(O)C[C@@H](C)CN[C@H](C)[C@@H](O)[C@](C)(O)[C@@H](CC)OC(=O)[C@@H]2C)C[C@@]1(C)OC. The van der Waals surface area contributed by atoms with Crippen molar-refractivity contribution in [1.82, 2.24) is 24.5 Å². The summed E-state index contributed by atoms with van der Waals surface area (Å²) < 4.78 is 68.5. The maximum atomic E-state index is 14.5. The van der Waals surface area contributed by atoms with E-state index in [1.165, 1.54) is 38.2 Å². The van der Waals surface area contributed by atoms with Gasteiger partial charge in [-0.05, 0) is 93.2 Å². The second kappa shape index (κ2) is 21.6. The number of aliphatic hydroxyl groups is 5. The Kier molecular flexibility index (Phi) is 18.5. The number of methoxy groups -OCH3 is 1. The number of imidazole rings is 1. The second-order valence-electron chi connectivity index (χ2n) is 19.6. The first-order chi connectivity index (χ1) is 29.6. The molecule has 20 heteroatoms. The van der Waals surface area contributed by atoms with Crippen LogP contribution in [0.1, 0.15) is 108 Å². The highest BCUT2D eigenvalue weighted by molar-refractivity contribution is 7.89. The Balaban J connectivity index is 1.82. The van der Waals surface area contributed by atoms with Gasteiger partial charge >= 0.3 is 5.97 Å². The highest BCUT2D eigenvalue weighted by Gasteiger charge is 2.58. The molecule has 4 heterocycles. The predicted molar refractivity (Wildman–Crippen MR) is 236 cm³/mol. The molecule has 0 radical (unpaired) electrons. The highest BCUT2D eigenvalue weighted by atomic mass is 32.2. The summed E-state index contributed by atoms with van der Waals surface area (Å²) in [6.45, 7) is 20.0. The van der Waals surface area contributed by atoms with Crippen molar-refractivity contribution in [1.29, 1.82) is 0 Å². The van der Waals surface area contributed by atoms with Crippen molar-refractivity contribution in [2.24, 2.45) is 24.8 Å². The zero-order chi connectivity index (χ0) is 48.3. The van der Waals surface area contributed by atoms with E-state index in [9.17, 15) is 38.7 Å². The minimum Gasteiger partial charge on any atom is -0.459 e. The smallest absolute Gasteiger partial charge is 0.311 e. The fourth-order valence-electron chi connectivity index (χ4n) is 9.90. The standard InChI is InChI=1S/C44H81N5O14S/c1-15-17-45-23-44(55)30(8)60-34(20-42(44,10)58-14)62-36-27(5)38(63-40-35(50)31(18-26(4)59-40)49(13)64(56,57)33-22-48(12)24-47-33)41(9,53)19-25(3)21-46-29(7)37(51)43(11,54)32(16-2)61-39(52)28(36)6/h22,24-32,34-38,40,45-46,50-51,53-55H,15-21,23H2,1-14H3/t25-,26-,27+,28-,29-,30+,31+,32-,34+,35-,36+,37-,38-,40+,41-,42-,43-,44+/m1/s1. The summed E-state index contributed by atoms with van der Waals surface area (Å²) in [5.41, 5.74) is -6.33. The van der Waals surface area contributed by atoms with Gasteiger partial charge in [0.25, 0.3) is 10.0 Å². The Morgan fingerprint density at radius 1 is 1.03 bits per heavy atom. The number of carbonyl (C=O) groups is 1. The number of sulfonamides is 1. The lowest BCUT2D eigenvalue weighted by Crippen LogP contribution is -2.70. The minimum absolute atomic E-state index is 0.0187. The lowest BCUT2D eigenvalue weighted by atomic mass is 9.75. The molecule has 0 spiro atoms. The summed E-state index contributed by atoms with van der Waals surface area (Å²) in [6.07, 6.45) is -6.58. The van der Waals surface area contributed by atoms with Crippen molar-refractivity contribution in [3.8, 4) is 0 Å². The third-order valence-electron chi connectivity index (χ3n) is 14.1. The third kappa shape index (κ3) is 11.7. The second-order valence-corrected chi connectivity index (χ2v) is 21.6. The molecule has 0 bridgehead atoms. The van der Waals surface area contributed by atoms with E-state index in [-0.39, 0.29) is 49.7 Å². The largest absolute Gasteiger partial charge is 0.459 e. The Bertz CT molecular complexity index is 1770. The fraction of sp³-hybridized carbons (Fsp3) is 0.909. The molecule has 0 aliphatic carbocycles. The first kappa shape index (κ1) is 54.7. The number of aliphatic hydroxyl groups excluding tert-OH is 2. The van der Waals surface area contributed by atoms with Gasteiger partial charge in [0.1, 0.15) is 35.1 Å². The van der Waals surface area contributed by atoms with Crippen LogP contribution in [0.25, 0.3) is 0 Å². The number of hydrogen-bond acceptors (Lipinski definition) is 17. The van der Waals surface area contributed by atoms with E-state index >= 15 is 0 Å². The van der Waals surface area contributed by atoms with E-state index in [2.05, 4.69) is 15.6 Å². The van der Waals surface area contributed by atoms with Crippen molar-refractivity contribution in [2.75, 3.05) is 33.8 Å². The molecule has 1 aromatic rings. The molecule has 3 aliphatic heterocycles. The summed E-state index contributed by atoms with van der Waals surface area (Å²) in [5, 5.41) is 66.4. The van der Waals surface area contributed by atoms with Gasteiger partial charge in [0.05, 0.1) is 48.3 Å². The summed E-state index contributed by atoms with van der Waals surface area (Å²) in [7, 11) is 0.328. The molecule has 64 heavy (non-hydrogen) atoms. The molecular weight excluding hydrogens is 855 g/mol. The lowest BCUT2D eigenvalue weighted by molar-refractivity contribution is -0.336. The molecule has 7 N–H and O–H groups in total. The van der Waals surface area contributed by atoms with Crippen LogP contribution in [-0.4, -0.2) is 177 Å². The molecule has 4 rings (SSSR count). The highest BCUT2D eigenvalue weighted by Crippen LogP contribution is 2.43. The van der Waals surface area contributed by atoms with Crippen LogP contribution in [0, 0.1) is 17.8 Å². The van der Waals surface area contributed by atoms with E-state index < -0.39 is 118 Å². The number of likely N-dealkylation sites (N-methyl/N-ethyl adjacent to an activating group) is 1. The summed E-state index contributed by atoms with van der Waals surface area (Å²) in [5.74, 6) is -3.14. The number of nitrogens with one attached hydrogen (secondary N) is 2. The molecule has 0 amide bonds. The van der Waals surface area contributed by atoms with Gasteiger partial charge in [-0.3, -0.25) is 4.79 Å². The topological polar surface area (TPSA) is 253 Å². The minimum atomic E-state index is -4.18. The number of esters is 1. The lowest BCUT2D eigenvalue weighted by Gasteiger charge is -2.53. The maximum absolute atomic E-state index is 14.5. The molecule has 1 aromatic heterocycles. The first-order valence-electron chi connectivity index (χ1n) is 22.9. The number of aryl methyl sites for hydroxylation is 1. The molecule has 3 fully saturated rings. The number of rotatable bonds is 13. The Morgan fingerprint density at radius 2 is 1.69 bits per heavy atom. The van der Waals surface area contributed by atoms with E-state index in [0.29, 0.717) is 6.54 Å². The maximum Gasteiger partial charge on any atom is 0.311 e. The summed E-state index contributed by atoms with van der Waals surface area (Å²) >= 11 is 0. The molecule has 0 unspecified atom stereocenters. The summed E-state index contributed by atoms with van der Waals surface area (Å²) in [6, 6.07) is -1.70. The number of cyclic esters (lactones) is 1. The Labute approximate surface area is 380 Å². The van der Waals surface area contributed by atoms with Crippen LogP contribution in [0.5, 0.6) is 0 Å². The van der Waals surface area contributed by atoms with Gasteiger partial charge < -0.3 is 69.2 Å². The van der Waals surface area contributed by atoms with Gasteiger partial charge in [0, 0.05) is 52.3 Å². The molecule has 19 nitrogen and oxygen atoms in total. The van der Waals surface area contributed by atoms with Crippen LogP contribution in [-0.2, 0) is 50.3 Å². The number of carbonyl (C=O) groups excluding carboxylic acids is 1. The van der Waals surface area contributed by atoms with Crippen LogP contribution in [0.15, 0.2) is 17.6 Å². The molecule has 0 aromatic carbocycles. The molecular formula is C44H81N5O14S. The van der Waals surface area contributed by atoms with Crippen molar-refractivity contribution in [3.05, 3.63) is 12.5 Å². The monoisotopic (exact) mass is 936 g/mol. The van der Waals surface area contributed by atoms with Crippen LogP contribution in [0.4, 0.5) is 0 Å². The molecule has 0 saturated carbocycles. The van der Waals surface area contributed by atoms with Crippen molar-refractivity contribution in [3.63, 3.8) is 0 Å². The van der Waals surface area contributed by atoms with E-state index in [1.807, 2.05) is 13.8 Å². The van der Waals surface area contributed by atoms with Crippen LogP contribution in [0.2, 0.25) is 0 Å². The molecule has 372 valence electrons. The van der Waals surface area contributed by atoms with E-state index in [1.54, 1.807) is 62.4 Å². The predicted octanol–water partition coefficient (Wildman–Crippen LogP) is 1.42. The molecule has 3 aliphatic rings. The zero-order valence-electron chi connectivity index (χ0n) is 40.6. The quantitative estimate of drug-likeness (QED) is 0.109. The van der Waals surface area contributed by atoms with Crippen molar-refractivity contribution >= 4 is 16.0 Å². The van der Waals surface area contributed by atoms with Crippen LogP contribution >= 0.6 is 0 Å². The van der Waals surface area contributed by atoms with E-state index in [0.717, 1.165) is 10.7 Å². The first-order valence-corrected chi connectivity index (χ1v) is 24.4. The third-order valence-corrected chi connectivity index (χ3v) is 15.9. The van der Waals surface area contributed by atoms with Gasteiger partial charge in [0.15, 0.2) is 17.6 Å². The summed E-state index contributed by atoms with van der Waals surface area (Å²) in [4.78, 5) is 18.5. The number of ether oxygens (including phenoxy) is 6. The number of nitrogens with zero attached hydrogens (tertiary/aromatic N) is 3. The fourth-order valence-corrected chi connectivity index (χ4v) is 11.2. The number of hydrogen-bond donors (Lipinski definition) is 7. The molecule has 18 atom stereocenters. The Hall–Kier alpha value is -1.89. The average Bonchev–Trinajstić information content (AvgIpc) is 3.68. The van der Waals surface area contributed by atoms with Crippen LogP contribution in [0.3, 0.4) is 0 Å². The van der Waals surface area contributed by atoms with Crippen LogP contribution < -0.4 is 10.6 Å². The number of aromatic nitrogens is 2. The van der Waals surface area contributed by atoms with Crippen molar-refractivity contribution in [2.45, 2.75) is 203 Å². The normalized spacial score (nSPS) is 43.7. The molecule has 3 saturated heterocycles. The Morgan fingerprint density at radius 3 is 2.27 bits per heavy atom. The zero-order valence-corrected chi connectivity index (χ0v) is 41.4.